The number of nitriles is 1. The first-order valence-corrected chi connectivity index (χ1v) is 4.27. The Hall–Kier alpha value is -1.12. The molecule has 0 bridgehead atoms. The van der Waals surface area contributed by atoms with Gasteiger partial charge in [-0.15, -0.1) is 0 Å². The number of non-ortho nitro benzene ring substituents is 1. The van der Waals surface area contributed by atoms with E-state index in [1.54, 1.807) is 6.07 Å². The lowest BCUT2D eigenvalue weighted by Gasteiger charge is -1.97. The van der Waals surface area contributed by atoms with Gasteiger partial charge in [0.1, 0.15) is 6.07 Å². The summed E-state index contributed by atoms with van der Waals surface area (Å²) < 4.78 is 0.377. The van der Waals surface area contributed by atoms with E-state index in [4.69, 9.17) is 16.9 Å². The lowest BCUT2D eigenvalue weighted by atomic mass is 10.2. The summed E-state index contributed by atoms with van der Waals surface area (Å²) in [6.45, 7) is 0. The van der Waals surface area contributed by atoms with Gasteiger partial charge in [0.2, 0.25) is 0 Å². The van der Waals surface area contributed by atoms with Gasteiger partial charge < -0.3 is 0 Å². The summed E-state index contributed by atoms with van der Waals surface area (Å²) in [4.78, 5) is 9.76. The summed E-state index contributed by atoms with van der Waals surface area (Å²) in [6, 6.07) is 4.15. The summed E-state index contributed by atoms with van der Waals surface area (Å²) in [5.41, 5.74) is -0.0380. The van der Waals surface area contributed by atoms with Gasteiger partial charge >= 0.3 is 0 Å². The average Bonchev–Trinajstić information content (AvgIpc) is 2.09. The highest BCUT2D eigenvalue weighted by molar-refractivity contribution is 9.10. The lowest BCUT2D eigenvalue weighted by Crippen LogP contribution is -1.90. The van der Waals surface area contributed by atoms with Gasteiger partial charge in [0.25, 0.3) is 5.69 Å². The van der Waals surface area contributed by atoms with E-state index < -0.39 is 4.92 Å². The van der Waals surface area contributed by atoms with Gasteiger partial charge in [0.15, 0.2) is 0 Å². The fourth-order valence-corrected chi connectivity index (χ4v) is 1.29. The molecule has 13 heavy (non-hydrogen) atoms. The molecule has 1 aromatic carbocycles. The third-order valence-corrected chi connectivity index (χ3v) is 2.72. The minimum Gasteiger partial charge on any atom is -0.258 e. The molecule has 1 aromatic rings. The van der Waals surface area contributed by atoms with E-state index in [2.05, 4.69) is 15.9 Å². The fraction of sp³-hybridized carbons (Fsp3) is 0. The molecule has 0 radical (unpaired) electrons. The highest BCUT2D eigenvalue weighted by Crippen LogP contribution is 2.30. The lowest BCUT2D eigenvalue weighted by molar-refractivity contribution is -0.384. The van der Waals surface area contributed by atoms with Crippen molar-refractivity contribution in [3.63, 3.8) is 0 Å². The number of hydrogen-bond acceptors (Lipinski definition) is 3. The zero-order valence-electron chi connectivity index (χ0n) is 6.12. The molecule has 0 saturated carbocycles. The molecule has 0 heterocycles. The Balaban J connectivity index is 3.41. The first-order valence-electron chi connectivity index (χ1n) is 3.10. The van der Waals surface area contributed by atoms with Crippen LogP contribution in [0.4, 0.5) is 5.69 Å². The molecule has 0 saturated heterocycles. The quantitative estimate of drug-likeness (QED) is 0.576. The number of nitrogens with zero attached hydrogens (tertiary/aromatic N) is 2. The van der Waals surface area contributed by atoms with Crippen molar-refractivity contribution in [3.8, 4) is 6.07 Å². The van der Waals surface area contributed by atoms with Crippen molar-refractivity contribution >= 4 is 33.2 Å². The van der Waals surface area contributed by atoms with Gasteiger partial charge in [0, 0.05) is 12.1 Å². The number of benzene rings is 1. The molecule has 4 nitrogen and oxygen atoms in total. The molecular weight excluding hydrogens is 259 g/mol. The number of nitro groups is 1. The molecule has 0 unspecified atom stereocenters. The maximum Gasteiger partial charge on any atom is 0.272 e. The molecular formula is C7H2BrClN2O2. The van der Waals surface area contributed by atoms with E-state index in [9.17, 15) is 10.1 Å². The van der Waals surface area contributed by atoms with Gasteiger partial charge in [-0.1, -0.05) is 11.6 Å². The molecule has 0 aliphatic heterocycles. The Morgan fingerprint density at radius 1 is 1.62 bits per heavy atom. The van der Waals surface area contributed by atoms with Crippen LogP contribution in [-0.4, -0.2) is 4.92 Å². The second-order valence-electron chi connectivity index (χ2n) is 2.16. The molecule has 66 valence electrons. The van der Waals surface area contributed by atoms with Crippen LogP contribution in [0.25, 0.3) is 0 Å². The normalized spacial score (nSPS) is 9.31. The van der Waals surface area contributed by atoms with Gasteiger partial charge in [-0.05, 0) is 15.9 Å². The van der Waals surface area contributed by atoms with E-state index in [1.165, 1.54) is 6.07 Å². The molecule has 0 aromatic heterocycles. The standard InChI is InChI=1S/C7H2BrClN2O2/c8-7-4(3-10)1-5(11(12)13)2-6(7)9/h1-2H. The minimum atomic E-state index is -0.598. The SMILES string of the molecule is N#Cc1cc([N+](=O)[O-])cc(Cl)c1Br. The smallest absolute Gasteiger partial charge is 0.258 e. The minimum absolute atomic E-state index is 0.152. The van der Waals surface area contributed by atoms with Gasteiger partial charge in [-0.2, -0.15) is 5.26 Å². The van der Waals surface area contributed by atoms with Crippen LogP contribution in [0.3, 0.4) is 0 Å². The Morgan fingerprint density at radius 2 is 2.23 bits per heavy atom. The second-order valence-corrected chi connectivity index (χ2v) is 3.36. The molecule has 0 amide bonds. The van der Waals surface area contributed by atoms with Crippen LogP contribution in [0.15, 0.2) is 16.6 Å². The summed E-state index contributed by atoms with van der Waals surface area (Å²) in [6.07, 6.45) is 0. The molecule has 0 aliphatic rings. The van der Waals surface area contributed by atoms with Crippen LogP contribution in [0.5, 0.6) is 0 Å². The van der Waals surface area contributed by atoms with Crippen molar-refractivity contribution < 1.29 is 4.92 Å². The van der Waals surface area contributed by atoms with Gasteiger partial charge in [0.05, 0.1) is 20.0 Å². The molecule has 1 rings (SSSR count). The van der Waals surface area contributed by atoms with E-state index in [-0.39, 0.29) is 16.3 Å². The summed E-state index contributed by atoms with van der Waals surface area (Å²) in [5, 5.41) is 19.1. The van der Waals surface area contributed by atoms with Crippen molar-refractivity contribution in [2.24, 2.45) is 0 Å². The van der Waals surface area contributed by atoms with Gasteiger partial charge in [-0.25, -0.2) is 0 Å². The average molecular weight is 261 g/mol. The van der Waals surface area contributed by atoms with Crippen LogP contribution in [0, 0.1) is 21.4 Å². The first-order chi connectivity index (χ1) is 6.06. The first kappa shape index (κ1) is 9.96. The highest BCUT2D eigenvalue weighted by atomic mass is 79.9. The van der Waals surface area contributed by atoms with Crippen molar-refractivity contribution in [2.75, 3.05) is 0 Å². The Bertz CT molecular complexity index is 414. The zero-order chi connectivity index (χ0) is 10.0. The molecule has 0 N–H and O–H groups in total. The molecule has 6 heteroatoms. The summed E-state index contributed by atoms with van der Waals surface area (Å²) in [5.74, 6) is 0. The fourth-order valence-electron chi connectivity index (χ4n) is 0.762. The number of rotatable bonds is 1. The number of hydrogen-bond donors (Lipinski definition) is 0. The molecule has 0 fully saturated rings. The topological polar surface area (TPSA) is 66.9 Å². The largest absolute Gasteiger partial charge is 0.272 e. The van der Waals surface area contributed by atoms with Crippen molar-refractivity contribution in [2.45, 2.75) is 0 Å². The monoisotopic (exact) mass is 260 g/mol. The Morgan fingerprint density at radius 3 is 2.69 bits per heavy atom. The second kappa shape index (κ2) is 3.73. The van der Waals surface area contributed by atoms with Crippen molar-refractivity contribution in [1.82, 2.24) is 0 Å². The van der Waals surface area contributed by atoms with Crippen molar-refractivity contribution in [3.05, 3.63) is 37.3 Å². The molecule has 0 aliphatic carbocycles. The molecule has 0 atom stereocenters. The van der Waals surface area contributed by atoms with Crippen molar-refractivity contribution in [1.29, 1.82) is 5.26 Å². The third kappa shape index (κ3) is 1.97. The Labute approximate surface area is 87.0 Å². The van der Waals surface area contributed by atoms with E-state index in [1.807, 2.05) is 0 Å². The van der Waals surface area contributed by atoms with Crippen LogP contribution in [-0.2, 0) is 0 Å². The maximum atomic E-state index is 10.4. The molecule has 0 spiro atoms. The number of halogens is 2. The zero-order valence-corrected chi connectivity index (χ0v) is 8.46. The van der Waals surface area contributed by atoms with Crippen LogP contribution >= 0.6 is 27.5 Å². The summed E-state index contributed by atoms with van der Waals surface area (Å²) >= 11 is 8.69. The number of nitro benzene ring substituents is 1. The third-order valence-electron chi connectivity index (χ3n) is 1.34. The Kier molecular flexibility index (Phi) is 2.86. The van der Waals surface area contributed by atoms with Crippen LogP contribution < -0.4 is 0 Å². The van der Waals surface area contributed by atoms with Crippen LogP contribution in [0.1, 0.15) is 5.56 Å². The van der Waals surface area contributed by atoms with E-state index in [0.717, 1.165) is 6.07 Å². The highest BCUT2D eigenvalue weighted by Gasteiger charge is 2.13. The maximum absolute atomic E-state index is 10.4. The predicted molar refractivity (Wildman–Crippen MR) is 50.5 cm³/mol. The van der Waals surface area contributed by atoms with Gasteiger partial charge in [-0.3, -0.25) is 10.1 Å². The van der Waals surface area contributed by atoms with E-state index >= 15 is 0 Å². The predicted octanol–water partition coefficient (Wildman–Crippen LogP) is 2.88. The van der Waals surface area contributed by atoms with Crippen LogP contribution in [0.2, 0.25) is 5.02 Å². The summed E-state index contributed by atoms with van der Waals surface area (Å²) in [7, 11) is 0. The van der Waals surface area contributed by atoms with E-state index in [0.29, 0.717) is 4.47 Å².